The van der Waals surface area contributed by atoms with Crippen LogP contribution in [-0.4, -0.2) is 38.4 Å². The molecule has 0 saturated carbocycles. The third kappa shape index (κ3) is 4.40. The molecular weight excluding hydrogens is 176 g/mol. The molecular formula is C11H24N2O. The van der Waals surface area contributed by atoms with E-state index >= 15 is 0 Å². The summed E-state index contributed by atoms with van der Waals surface area (Å²) in [7, 11) is 0. The van der Waals surface area contributed by atoms with E-state index in [0.717, 1.165) is 26.2 Å². The number of ether oxygens (including phenoxy) is 1. The van der Waals surface area contributed by atoms with E-state index in [-0.39, 0.29) is 0 Å². The van der Waals surface area contributed by atoms with Crippen LogP contribution in [-0.2, 0) is 4.74 Å². The first-order valence-electron chi connectivity index (χ1n) is 5.78. The minimum absolute atomic E-state index is 0.464. The average molecular weight is 200 g/mol. The smallest absolute Gasteiger partial charge is 0.0551 e. The summed E-state index contributed by atoms with van der Waals surface area (Å²) in [6.45, 7) is 10.7. The number of likely N-dealkylation sites (N-methyl/N-ethyl adjacent to an activating group) is 1. The predicted molar refractivity (Wildman–Crippen MR) is 59.5 cm³/mol. The highest BCUT2D eigenvalue weighted by Crippen LogP contribution is 2.17. The molecule has 1 fully saturated rings. The van der Waals surface area contributed by atoms with Crippen LogP contribution in [0.4, 0.5) is 0 Å². The van der Waals surface area contributed by atoms with Crippen molar-refractivity contribution in [3.63, 3.8) is 0 Å². The second kappa shape index (κ2) is 6.38. The van der Waals surface area contributed by atoms with Crippen molar-refractivity contribution in [2.24, 2.45) is 5.92 Å². The molecule has 0 aromatic heterocycles. The molecule has 0 spiro atoms. The molecule has 1 aliphatic heterocycles. The summed E-state index contributed by atoms with van der Waals surface area (Å²) in [6, 6.07) is 0.561. The summed E-state index contributed by atoms with van der Waals surface area (Å²) in [4.78, 5) is 0. The molecule has 3 nitrogen and oxygen atoms in total. The van der Waals surface area contributed by atoms with Crippen LogP contribution < -0.4 is 10.6 Å². The molecule has 1 rings (SSSR count). The van der Waals surface area contributed by atoms with E-state index in [2.05, 4.69) is 31.4 Å². The number of hydrogen-bond acceptors (Lipinski definition) is 3. The molecule has 1 saturated heterocycles. The van der Waals surface area contributed by atoms with Gasteiger partial charge in [0.15, 0.2) is 0 Å². The largest absolute Gasteiger partial charge is 0.378 e. The van der Waals surface area contributed by atoms with Crippen LogP contribution in [0, 0.1) is 5.92 Å². The van der Waals surface area contributed by atoms with E-state index in [0.29, 0.717) is 18.1 Å². The molecule has 0 radical (unpaired) electrons. The van der Waals surface area contributed by atoms with Gasteiger partial charge in [-0.1, -0.05) is 6.92 Å². The van der Waals surface area contributed by atoms with Gasteiger partial charge in [-0.2, -0.15) is 0 Å². The van der Waals surface area contributed by atoms with E-state index in [1.807, 2.05) is 0 Å². The highest BCUT2D eigenvalue weighted by molar-refractivity contribution is 4.74. The molecule has 84 valence electrons. The quantitative estimate of drug-likeness (QED) is 0.671. The number of hydrogen-bond donors (Lipinski definition) is 2. The Hall–Kier alpha value is -0.120. The Morgan fingerprint density at radius 2 is 2.29 bits per heavy atom. The van der Waals surface area contributed by atoms with Crippen LogP contribution in [0.25, 0.3) is 0 Å². The molecule has 0 amide bonds. The van der Waals surface area contributed by atoms with Gasteiger partial charge in [-0.15, -0.1) is 0 Å². The van der Waals surface area contributed by atoms with Crippen molar-refractivity contribution >= 4 is 0 Å². The van der Waals surface area contributed by atoms with Gasteiger partial charge in [-0.25, -0.2) is 0 Å². The lowest BCUT2D eigenvalue weighted by atomic mass is 10.1. The van der Waals surface area contributed by atoms with Gasteiger partial charge in [0.05, 0.1) is 12.7 Å². The fourth-order valence-electron chi connectivity index (χ4n) is 1.85. The van der Waals surface area contributed by atoms with E-state index in [1.54, 1.807) is 0 Å². The highest BCUT2D eigenvalue weighted by atomic mass is 16.5. The van der Waals surface area contributed by atoms with E-state index < -0.39 is 0 Å². The molecule has 3 atom stereocenters. The average Bonchev–Trinajstić information content (AvgIpc) is 2.58. The first kappa shape index (κ1) is 12.0. The summed E-state index contributed by atoms with van der Waals surface area (Å²) in [5.74, 6) is 0.717. The van der Waals surface area contributed by atoms with Crippen LogP contribution >= 0.6 is 0 Å². The summed E-state index contributed by atoms with van der Waals surface area (Å²) in [5.41, 5.74) is 0. The number of nitrogens with one attached hydrogen (secondary N) is 2. The van der Waals surface area contributed by atoms with Gasteiger partial charge in [0.25, 0.3) is 0 Å². The van der Waals surface area contributed by atoms with Crippen molar-refractivity contribution in [1.29, 1.82) is 0 Å². The zero-order valence-electron chi connectivity index (χ0n) is 9.68. The number of rotatable bonds is 6. The molecule has 1 aliphatic rings. The Balaban J connectivity index is 2.02. The predicted octanol–water partition coefficient (Wildman–Crippen LogP) is 0.999. The fraction of sp³-hybridized carbons (Fsp3) is 1.00. The molecule has 0 bridgehead atoms. The normalized spacial score (nSPS) is 29.4. The topological polar surface area (TPSA) is 33.3 Å². The van der Waals surface area contributed by atoms with Crippen molar-refractivity contribution in [3.8, 4) is 0 Å². The zero-order valence-corrected chi connectivity index (χ0v) is 9.68. The minimum atomic E-state index is 0.464. The summed E-state index contributed by atoms with van der Waals surface area (Å²) < 4.78 is 5.52. The van der Waals surface area contributed by atoms with Gasteiger partial charge in [-0.05, 0) is 32.7 Å². The van der Waals surface area contributed by atoms with E-state index in [9.17, 15) is 0 Å². The van der Waals surface area contributed by atoms with Gasteiger partial charge in [0.2, 0.25) is 0 Å². The Kier molecular flexibility index (Phi) is 5.45. The molecule has 1 heterocycles. The van der Waals surface area contributed by atoms with Crippen molar-refractivity contribution in [2.45, 2.75) is 39.3 Å². The maximum absolute atomic E-state index is 5.52. The van der Waals surface area contributed by atoms with E-state index in [4.69, 9.17) is 4.74 Å². The molecule has 3 unspecified atom stereocenters. The van der Waals surface area contributed by atoms with Crippen molar-refractivity contribution in [1.82, 2.24) is 10.6 Å². The van der Waals surface area contributed by atoms with Gasteiger partial charge in [0, 0.05) is 19.1 Å². The lowest BCUT2D eigenvalue weighted by Gasteiger charge is -2.16. The second-order valence-electron chi connectivity index (χ2n) is 4.36. The standard InChI is InChI=1S/C11H24N2O/c1-4-12-6-9(2)13-7-11-5-10(3)14-8-11/h9-13H,4-8H2,1-3H3. The Morgan fingerprint density at radius 1 is 1.50 bits per heavy atom. The molecule has 2 N–H and O–H groups in total. The Bertz CT molecular complexity index is 152. The third-order valence-corrected chi connectivity index (χ3v) is 2.74. The summed E-state index contributed by atoms with van der Waals surface area (Å²) in [6.07, 6.45) is 1.67. The van der Waals surface area contributed by atoms with Crippen molar-refractivity contribution in [3.05, 3.63) is 0 Å². The highest BCUT2D eigenvalue weighted by Gasteiger charge is 2.21. The van der Waals surface area contributed by atoms with Crippen LogP contribution in [0.15, 0.2) is 0 Å². The van der Waals surface area contributed by atoms with Gasteiger partial charge in [-0.3, -0.25) is 0 Å². The van der Waals surface area contributed by atoms with Crippen LogP contribution in [0.3, 0.4) is 0 Å². The minimum Gasteiger partial charge on any atom is -0.378 e. The third-order valence-electron chi connectivity index (χ3n) is 2.74. The molecule has 0 aliphatic carbocycles. The van der Waals surface area contributed by atoms with Crippen molar-refractivity contribution in [2.75, 3.05) is 26.2 Å². The Labute approximate surface area is 87.6 Å². The SMILES string of the molecule is CCNCC(C)NCC1COC(C)C1. The van der Waals surface area contributed by atoms with Crippen molar-refractivity contribution < 1.29 is 4.74 Å². The molecule has 0 aromatic carbocycles. The van der Waals surface area contributed by atoms with Gasteiger partial charge < -0.3 is 15.4 Å². The lowest BCUT2D eigenvalue weighted by molar-refractivity contribution is 0.120. The lowest BCUT2D eigenvalue weighted by Crippen LogP contribution is -2.38. The van der Waals surface area contributed by atoms with Gasteiger partial charge in [0.1, 0.15) is 0 Å². The molecule has 14 heavy (non-hydrogen) atoms. The second-order valence-corrected chi connectivity index (χ2v) is 4.36. The van der Waals surface area contributed by atoms with E-state index in [1.165, 1.54) is 6.42 Å². The van der Waals surface area contributed by atoms with Crippen LogP contribution in [0.5, 0.6) is 0 Å². The first-order chi connectivity index (χ1) is 6.72. The fourth-order valence-corrected chi connectivity index (χ4v) is 1.85. The summed E-state index contributed by atoms with van der Waals surface area (Å²) in [5, 5.41) is 6.88. The Morgan fingerprint density at radius 3 is 2.86 bits per heavy atom. The maximum atomic E-state index is 5.52. The zero-order chi connectivity index (χ0) is 10.4. The summed E-state index contributed by atoms with van der Waals surface area (Å²) >= 11 is 0. The molecule has 3 heteroatoms. The maximum Gasteiger partial charge on any atom is 0.0551 e. The first-order valence-corrected chi connectivity index (χ1v) is 5.78. The monoisotopic (exact) mass is 200 g/mol. The van der Waals surface area contributed by atoms with Crippen LogP contribution in [0.1, 0.15) is 27.2 Å². The van der Waals surface area contributed by atoms with Gasteiger partial charge >= 0.3 is 0 Å². The molecule has 0 aromatic rings. The van der Waals surface area contributed by atoms with Crippen LogP contribution in [0.2, 0.25) is 0 Å².